The number of hydrogen-bond donors (Lipinski definition) is 1. The van der Waals surface area contributed by atoms with Crippen LogP contribution in [0.25, 0.3) is 0 Å². The summed E-state index contributed by atoms with van der Waals surface area (Å²) in [5, 5.41) is 5.61. The number of para-hydroxylation sites is 1. The zero-order chi connectivity index (χ0) is 13.1. The number of methoxy groups -OCH3 is 1. The zero-order valence-electron chi connectivity index (χ0n) is 10.5. The summed E-state index contributed by atoms with van der Waals surface area (Å²) in [4.78, 5) is 15.5. The van der Waals surface area contributed by atoms with Crippen molar-refractivity contribution in [2.24, 2.45) is 0 Å². The zero-order valence-corrected chi connectivity index (χ0v) is 11.3. The number of carbonyl (C=O) groups is 1. The van der Waals surface area contributed by atoms with Crippen LogP contribution in [-0.4, -0.2) is 18.1 Å². The highest BCUT2D eigenvalue weighted by Gasteiger charge is 2.11. The molecule has 1 N–H and O–H groups in total. The van der Waals surface area contributed by atoms with Crippen molar-refractivity contribution in [2.45, 2.75) is 13.8 Å². The van der Waals surface area contributed by atoms with Gasteiger partial charge >= 0.3 is 5.97 Å². The summed E-state index contributed by atoms with van der Waals surface area (Å²) < 4.78 is 4.62. The third kappa shape index (κ3) is 2.51. The molecule has 2 rings (SSSR count). The SMILES string of the molecule is COC(=O)c1csc(Nc2c(C)cccc2C)n1. The van der Waals surface area contributed by atoms with E-state index >= 15 is 0 Å². The molecule has 1 aromatic heterocycles. The second kappa shape index (κ2) is 5.18. The molecular formula is C13H14N2O2S. The summed E-state index contributed by atoms with van der Waals surface area (Å²) in [6.45, 7) is 4.06. The molecule has 94 valence electrons. The highest BCUT2D eigenvalue weighted by Crippen LogP contribution is 2.26. The van der Waals surface area contributed by atoms with Crippen molar-refractivity contribution < 1.29 is 9.53 Å². The fourth-order valence-electron chi connectivity index (χ4n) is 1.65. The van der Waals surface area contributed by atoms with Crippen LogP contribution < -0.4 is 5.32 Å². The van der Waals surface area contributed by atoms with Gasteiger partial charge in [0.25, 0.3) is 0 Å². The predicted molar refractivity (Wildman–Crippen MR) is 72.7 cm³/mol. The van der Waals surface area contributed by atoms with E-state index in [0.717, 1.165) is 16.8 Å². The molecule has 0 bridgehead atoms. The molecule has 0 saturated heterocycles. The Kier molecular flexibility index (Phi) is 3.62. The third-order valence-corrected chi connectivity index (χ3v) is 3.37. The second-order valence-corrected chi connectivity index (χ2v) is 4.78. The first kappa shape index (κ1) is 12.6. The lowest BCUT2D eigenvalue weighted by Gasteiger charge is -2.09. The van der Waals surface area contributed by atoms with Crippen LogP contribution in [0.1, 0.15) is 21.6 Å². The van der Waals surface area contributed by atoms with E-state index in [9.17, 15) is 4.79 Å². The molecule has 0 aliphatic rings. The van der Waals surface area contributed by atoms with Crippen LogP contribution in [0.15, 0.2) is 23.6 Å². The van der Waals surface area contributed by atoms with Crippen molar-refractivity contribution in [1.29, 1.82) is 0 Å². The Morgan fingerprint density at radius 1 is 1.33 bits per heavy atom. The van der Waals surface area contributed by atoms with Crippen LogP contribution in [0.3, 0.4) is 0 Å². The fraction of sp³-hybridized carbons (Fsp3) is 0.231. The number of aryl methyl sites for hydroxylation is 2. The molecule has 0 aliphatic heterocycles. The molecule has 0 saturated carbocycles. The van der Waals surface area contributed by atoms with E-state index in [1.54, 1.807) is 5.38 Å². The molecule has 5 heteroatoms. The minimum absolute atomic E-state index is 0.330. The van der Waals surface area contributed by atoms with Gasteiger partial charge < -0.3 is 10.1 Å². The maximum atomic E-state index is 11.3. The molecule has 2 aromatic rings. The van der Waals surface area contributed by atoms with E-state index in [1.807, 2.05) is 32.0 Å². The van der Waals surface area contributed by atoms with E-state index < -0.39 is 5.97 Å². The number of carbonyl (C=O) groups excluding carboxylic acids is 1. The number of nitrogens with one attached hydrogen (secondary N) is 1. The first-order valence-electron chi connectivity index (χ1n) is 5.49. The molecule has 1 aromatic carbocycles. The summed E-state index contributed by atoms with van der Waals surface area (Å²) >= 11 is 1.38. The summed E-state index contributed by atoms with van der Waals surface area (Å²) in [5.41, 5.74) is 3.65. The van der Waals surface area contributed by atoms with E-state index in [0.29, 0.717) is 10.8 Å². The Labute approximate surface area is 110 Å². The number of rotatable bonds is 3. The van der Waals surface area contributed by atoms with Crippen LogP contribution in [0.2, 0.25) is 0 Å². The standard InChI is InChI=1S/C13H14N2O2S/c1-8-5-4-6-9(2)11(8)15-13-14-10(7-18-13)12(16)17-3/h4-7H,1-3H3,(H,14,15). The van der Waals surface area contributed by atoms with Crippen molar-refractivity contribution in [2.75, 3.05) is 12.4 Å². The number of hydrogen-bond acceptors (Lipinski definition) is 5. The Morgan fingerprint density at radius 2 is 2.00 bits per heavy atom. The van der Waals surface area contributed by atoms with Crippen LogP contribution in [-0.2, 0) is 4.74 Å². The molecular weight excluding hydrogens is 248 g/mol. The lowest BCUT2D eigenvalue weighted by atomic mass is 10.1. The van der Waals surface area contributed by atoms with E-state index in [1.165, 1.54) is 18.4 Å². The Bertz CT molecular complexity index is 558. The van der Waals surface area contributed by atoms with Crippen LogP contribution in [0.4, 0.5) is 10.8 Å². The predicted octanol–water partition coefficient (Wildman–Crippen LogP) is 3.29. The molecule has 0 radical (unpaired) electrons. The van der Waals surface area contributed by atoms with Gasteiger partial charge in [-0.1, -0.05) is 18.2 Å². The van der Waals surface area contributed by atoms with Gasteiger partial charge in [0.2, 0.25) is 0 Å². The first-order valence-corrected chi connectivity index (χ1v) is 6.37. The Morgan fingerprint density at radius 3 is 2.61 bits per heavy atom. The number of thiazole rings is 1. The van der Waals surface area contributed by atoms with Crippen molar-refractivity contribution in [3.63, 3.8) is 0 Å². The van der Waals surface area contributed by atoms with Crippen LogP contribution >= 0.6 is 11.3 Å². The van der Waals surface area contributed by atoms with Gasteiger partial charge in [-0.25, -0.2) is 9.78 Å². The smallest absolute Gasteiger partial charge is 0.357 e. The summed E-state index contributed by atoms with van der Waals surface area (Å²) in [6, 6.07) is 6.08. The van der Waals surface area contributed by atoms with E-state index in [-0.39, 0.29) is 0 Å². The quantitative estimate of drug-likeness (QED) is 0.862. The number of ether oxygens (including phenoxy) is 1. The number of anilines is 2. The number of aromatic nitrogens is 1. The van der Waals surface area contributed by atoms with Gasteiger partial charge in [0.05, 0.1) is 7.11 Å². The van der Waals surface area contributed by atoms with Gasteiger partial charge in [-0.3, -0.25) is 0 Å². The van der Waals surface area contributed by atoms with Crippen LogP contribution in [0.5, 0.6) is 0 Å². The molecule has 4 nitrogen and oxygen atoms in total. The minimum Gasteiger partial charge on any atom is -0.464 e. The molecule has 0 amide bonds. The maximum absolute atomic E-state index is 11.3. The fourth-order valence-corrected chi connectivity index (χ4v) is 2.33. The molecule has 0 unspecified atom stereocenters. The number of benzene rings is 1. The lowest BCUT2D eigenvalue weighted by molar-refractivity contribution is 0.0595. The van der Waals surface area contributed by atoms with E-state index in [2.05, 4.69) is 15.0 Å². The average molecular weight is 262 g/mol. The lowest BCUT2D eigenvalue weighted by Crippen LogP contribution is -2.02. The molecule has 0 spiro atoms. The van der Waals surface area contributed by atoms with Gasteiger partial charge in [-0.2, -0.15) is 0 Å². The molecule has 0 fully saturated rings. The second-order valence-electron chi connectivity index (χ2n) is 3.92. The molecule has 18 heavy (non-hydrogen) atoms. The highest BCUT2D eigenvalue weighted by atomic mass is 32.1. The van der Waals surface area contributed by atoms with Crippen molar-refractivity contribution in [1.82, 2.24) is 4.98 Å². The van der Waals surface area contributed by atoms with Crippen molar-refractivity contribution in [3.8, 4) is 0 Å². The minimum atomic E-state index is -0.416. The first-order chi connectivity index (χ1) is 8.61. The summed E-state index contributed by atoms with van der Waals surface area (Å²) in [6.07, 6.45) is 0. The molecule has 1 heterocycles. The van der Waals surface area contributed by atoms with Gasteiger partial charge in [0.1, 0.15) is 0 Å². The van der Waals surface area contributed by atoms with Gasteiger partial charge in [0, 0.05) is 11.1 Å². The van der Waals surface area contributed by atoms with Gasteiger partial charge in [0.15, 0.2) is 10.8 Å². The number of nitrogens with zero attached hydrogens (tertiary/aromatic N) is 1. The third-order valence-electron chi connectivity index (χ3n) is 2.61. The molecule has 0 atom stereocenters. The summed E-state index contributed by atoms with van der Waals surface area (Å²) in [7, 11) is 1.35. The maximum Gasteiger partial charge on any atom is 0.357 e. The highest BCUT2D eigenvalue weighted by molar-refractivity contribution is 7.14. The molecule has 0 aliphatic carbocycles. The van der Waals surface area contributed by atoms with Crippen LogP contribution in [0, 0.1) is 13.8 Å². The topological polar surface area (TPSA) is 51.2 Å². The van der Waals surface area contributed by atoms with Crippen molar-refractivity contribution >= 4 is 28.1 Å². The van der Waals surface area contributed by atoms with Gasteiger partial charge in [-0.15, -0.1) is 11.3 Å². The van der Waals surface area contributed by atoms with E-state index in [4.69, 9.17) is 0 Å². The Hall–Kier alpha value is -1.88. The normalized spacial score (nSPS) is 10.2. The average Bonchev–Trinajstić information content (AvgIpc) is 2.81. The number of esters is 1. The van der Waals surface area contributed by atoms with Gasteiger partial charge in [-0.05, 0) is 25.0 Å². The summed E-state index contributed by atoms with van der Waals surface area (Å²) in [5.74, 6) is -0.416. The van der Waals surface area contributed by atoms with Crippen molar-refractivity contribution in [3.05, 3.63) is 40.4 Å². The monoisotopic (exact) mass is 262 g/mol. The largest absolute Gasteiger partial charge is 0.464 e. The Balaban J connectivity index is 2.24.